The summed E-state index contributed by atoms with van der Waals surface area (Å²) in [5.41, 5.74) is 3.68. The quantitative estimate of drug-likeness (QED) is 0.0954. The summed E-state index contributed by atoms with van der Waals surface area (Å²) < 4.78 is 16.3. The highest BCUT2D eigenvalue weighted by Crippen LogP contribution is 2.39. The molecule has 0 aromatic heterocycles. The second-order valence-electron chi connectivity index (χ2n) is 12.9. The summed E-state index contributed by atoms with van der Waals surface area (Å²) in [5, 5.41) is 3.33. The van der Waals surface area contributed by atoms with Crippen LogP contribution in [0.3, 0.4) is 0 Å². The van der Waals surface area contributed by atoms with Crippen molar-refractivity contribution < 1.29 is 28.6 Å². The summed E-state index contributed by atoms with van der Waals surface area (Å²) in [6.07, 6.45) is 6.92. The molecule has 2 atom stereocenters. The Bertz CT molecular complexity index is 1630. The third kappa shape index (κ3) is 9.31. The first-order chi connectivity index (χ1) is 24.4. The Morgan fingerprint density at radius 2 is 1.20 bits per heavy atom. The third-order valence-corrected chi connectivity index (χ3v) is 9.54. The summed E-state index contributed by atoms with van der Waals surface area (Å²) in [6, 6.07) is 32.4. The zero-order chi connectivity index (χ0) is 35.3. The Morgan fingerprint density at radius 1 is 0.700 bits per heavy atom. The number of Topliss-reactive ketones (excluding diaryl/α,β-unsaturated/α-hetero) is 1. The van der Waals surface area contributed by atoms with E-state index in [1.807, 2.05) is 66.7 Å². The largest absolute Gasteiger partial charge is 0.493 e. The summed E-state index contributed by atoms with van der Waals surface area (Å²) in [5.74, 6) is -0.797. The highest BCUT2D eigenvalue weighted by molar-refractivity contribution is 6.43. The van der Waals surface area contributed by atoms with E-state index in [0.717, 1.165) is 44.1 Å². The van der Waals surface area contributed by atoms with Crippen LogP contribution in [0.2, 0.25) is 0 Å². The molecular weight excluding hydrogens is 628 g/mol. The Hall–Kier alpha value is -5.11. The molecule has 5 rings (SSSR count). The number of hydrogen-bond acceptors (Lipinski definition) is 6. The van der Waals surface area contributed by atoms with Crippen LogP contribution in [0.5, 0.6) is 17.2 Å². The van der Waals surface area contributed by atoms with Crippen LogP contribution in [0.25, 0.3) is 0 Å². The predicted molar refractivity (Wildman–Crippen MR) is 195 cm³/mol. The molecule has 1 N–H and O–H groups in total. The first-order valence-corrected chi connectivity index (χ1v) is 17.5. The standard InChI is InChI=1S/C42H48N2O6/c1-48-37-28-33(29-38(49-2)40(37)50-3)39(45)42(47)44-35(27-32-19-11-6-12-20-32)25-26-36(44)41(46)43-34(23-13-21-30-15-7-4-8-16-30)24-14-22-31-17-9-5-10-18-31/h4-12,15-20,28-29,34-36H,13-14,21-27H2,1-3H3,(H,43,46). The van der Waals surface area contributed by atoms with Gasteiger partial charge in [-0.25, -0.2) is 0 Å². The van der Waals surface area contributed by atoms with Crippen molar-refractivity contribution in [1.82, 2.24) is 10.2 Å². The first-order valence-electron chi connectivity index (χ1n) is 17.5. The van der Waals surface area contributed by atoms with Gasteiger partial charge in [0.2, 0.25) is 11.7 Å². The van der Waals surface area contributed by atoms with Gasteiger partial charge in [0, 0.05) is 17.6 Å². The lowest BCUT2D eigenvalue weighted by Gasteiger charge is -2.31. The Kier molecular flexibility index (Phi) is 13.1. The molecule has 0 bridgehead atoms. The molecule has 2 amide bonds. The van der Waals surface area contributed by atoms with Crippen molar-refractivity contribution >= 4 is 17.6 Å². The summed E-state index contributed by atoms with van der Waals surface area (Å²) in [4.78, 5) is 43.9. The number of likely N-dealkylation sites (tertiary alicyclic amines) is 1. The smallest absolute Gasteiger partial charge is 0.295 e. The van der Waals surface area contributed by atoms with Crippen molar-refractivity contribution in [2.45, 2.75) is 75.9 Å². The number of methoxy groups -OCH3 is 3. The van der Waals surface area contributed by atoms with Crippen molar-refractivity contribution in [1.29, 1.82) is 0 Å². The monoisotopic (exact) mass is 676 g/mol. The number of amides is 2. The molecule has 0 radical (unpaired) electrons. The number of ether oxygens (including phenoxy) is 3. The molecule has 50 heavy (non-hydrogen) atoms. The normalized spacial score (nSPS) is 15.5. The predicted octanol–water partition coefficient (Wildman–Crippen LogP) is 7.03. The van der Waals surface area contributed by atoms with Gasteiger partial charge in [-0.1, -0.05) is 91.0 Å². The van der Waals surface area contributed by atoms with Crippen molar-refractivity contribution in [3.8, 4) is 17.2 Å². The number of carbonyl (C=O) groups is 3. The topological polar surface area (TPSA) is 94.2 Å². The number of rotatable bonds is 17. The molecule has 8 nitrogen and oxygen atoms in total. The van der Waals surface area contributed by atoms with E-state index in [2.05, 4.69) is 29.6 Å². The van der Waals surface area contributed by atoms with Gasteiger partial charge in [0.15, 0.2) is 11.5 Å². The summed E-state index contributed by atoms with van der Waals surface area (Å²) >= 11 is 0. The zero-order valence-corrected chi connectivity index (χ0v) is 29.3. The fraction of sp³-hybridized carbons (Fsp3) is 0.357. The van der Waals surface area contributed by atoms with E-state index in [1.54, 1.807) is 0 Å². The molecule has 4 aromatic carbocycles. The van der Waals surface area contributed by atoms with Crippen LogP contribution in [0.4, 0.5) is 0 Å². The van der Waals surface area contributed by atoms with Crippen molar-refractivity contribution in [3.63, 3.8) is 0 Å². The van der Waals surface area contributed by atoms with Crippen LogP contribution in [0, 0.1) is 0 Å². The molecule has 0 aliphatic carbocycles. The minimum atomic E-state index is -0.770. The van der Waals surface area contributed by atoms with E-state index >= 15 is 0 Å². The molecule has 0 spiro atoms. The van der Waals surface area contributed by atoms with Gasteiger partial charge in [0.25, 0.3) is 11.7 Å². The number of carbonyl (C=O) groups excluding carboxylic acids is 3. The molecule has 4 aromatic rings. The number of nitrogens with zero attached hydrogens (tertiary/aromatic N) is 1. The molecule has 1 fully saturated rings. The van der Waals surface area contributed by atoms with Gasteiger partial charge in [0.1, 0.15) is 6.04 Å². The average Bonchev–Trinajstić information content (AvgIpc) is 3.58. The van der Waals surface area contributed by atoms with E-state index < -0.39 is 17.7 Å². The summed E-state index contributed by atoms with van der Waals surface area (Å²) in [6.45, 7) is 0. The minimum Gasteiger partial charge on any atom is -0.493 e. The minimum absolute atomic E-state index is 0.0640. The maximum Gasteiger partial charge on any atom is 0.295 e. The van der Waals surface area contributed by atoms with Gasteiger partial charge in [0.05, 0.1) is 21.3 Å². The van der Waals surface area contributed by atoms with Crippen LogP contribution in [-0.2, 0) is 28.9 Å². The van der Waals surface area contributed by atoms with Crippen LogP contribution in [-0.4, -0.2) is 62.0 Å². The first kappa shape index (κ1) is 36.2. The fourth-order valence-corrected chi connectivity index (χ4v) is 6.97. The van der Waals surface area contributed by atoms with Gasteiger partial charge in [-0.05, 0) is 86.6 Å². The van der Waals surface area contributed by atoms with Crippen LogP contribution >= 0.6 is 0 Å². The number of nitrogens with one attached hydrogen (secondary N) is 1. The molecule has 1 aliphatic rings. The van der Waals surface area contributed by atoms with Crippen LogP contribution in [0.15, 0.2) is 103 Å². The fourth-order valence-electron chi connectivity index (χ4n) is 6.97. The van der Waals surface area contributed by atoms with Gasteiger partial charge >= 0.3 is 0 Å². The Balaban J connectivity index is 1.36. The SMILES string of the molecule is COc1cc(C(=O)C(=O)N2C(Cc3ccccc3)CCC2C(=O)NC(CCCc2ccccc2)CCCc2ccccc2)cc(OC)c1OC. The molecule has 1 saturated heterocycles. The Morgan fingerprint density at radius 3 is 1.68 bits per heavy atom. The van der Waals surface area contributed by atoms with Gasteiger partial charge < -0.3 is 24.4 Å². The van der Waals surface area contributed by atoms with Gasteiger partial charge in [-0.2, -0.15) is 0 Å². The lowest BCUT2D eigenvalue weighted by atomic mass is 9.98. The van der Waals surface area contributed by atoms with E-state index in [1.165, 1.54) is 49.5 Å². The van der Waals surface area contributed by atoms with Crippen molar-refractivity contribution in [2.75, 3.05) is 21.3 Å². The van der Waals surface area contributed by atoms with Crippen molar-refractivity contribution in [3.05, 3.63) is 125 Å². The molecule has 1 heterocycles. The molecule has 8 heteroatoms. The number of ketones is 1. The lowest BCUT2D eigenvalue weighted by Crippen LogP contribution is -2.53. The second-order valence-corrected chi connectivity index (χ2v) is 12.9. The third-order valence-electron chi connectivity index (χ3n) is 9.54. The van der Waals surface area contributed by atoms with Crippen LogP contribution < -0.4 is 19.5 Å². The van der Waals surface area contributed by atoms with E-state index in [4.69, 9.17) is 14.2 Å². The van der Waals surface area contributed by atoms with Gasteiger partial charge in [-0.15, -0.1) is 0 Å². The maximum absolute atomic E-state index is 14.2. The molecule has 262 valence electrons. The second kappa shape index (κ2) is 18.0. The van der Waals surface area contributed by atoms with Gasteiger partial charge in [-0.3, -0.25) is 14.4 Å². The van der Waals surface area contributed by atoms with Crippen LogP contribution in [0.1, 0.15) is 65.6 Å². The van der Waals surface area contributed by atoms with E-state index in [9.17, 15) is 14.4 Å². The molecule has 1 aliphatic heterocycles. The van der Waals surface area contributed by atoms with E-state index in [-0.39, 0.29) is 35.1 Å². The highest BCUT2D eigenvalue weighted by atomic mass is 16.5. The average molecular weight is 677 g/mol. The van der Waals surface area contributed by atoms with E-state index in [0.29, 0.717) is 25.0 Å². The Labute approximate surface area is 295 Å². The molecule has 2 unspecified atom stereocenters. The number of benzene rings is 4. The highest BCUT2D eigenvalue weighted by Gasteiger charge is 2.43. The number of hydrogen-bond donors (Lipinski definition) is 1. The molecular formula is C42H48N2O6. The van der Waals surface area contributed by atoms with Crippen molar-refractivity contribution in [2.24, 2.45) is 0 Å². The summed E-state index contributed by atoms with van der Waals surface area (Å²) in [7, 11) is 4.39. The maximum atomic E-state index is 14.2. The lowest BCUT2D eigenvalue weighted by molar-refractivity contribution is -0.137. The number of aryl methyl sites for hydroxylation is 2. The zero-order valence-electron chi connectivity index (χ0n) is 29.3. The molecule has 0 saturated carbocycles.